The molecule has 1 aromatic rings. The number of anilines is 2. The molecule has 0 saturated heterocycles. The van der Waals surface area contributed by atoms with Gasteiger partial charge >= 0.3 is 6.03 Å². The van der Waals surface area contributed by atoms with Gasteiger partial charge < -0.3 is 16.0 Å². The number of nitrogens with zero attached hydrogens (tertiary/aromatic N) is 1. The van der Waals surface area contributed by atoms with Crippen LogP contribution in [0.5, 0.6) is 0 Å². The Labute approximate surface area is 145 Å². The Morgan fingerprint density at radius 1 is 0.875 bits per heavy atom. The summed E-state index contributed by atoms with van der Waals surface area (Å²) < 4.78 is 0. The van der Waals surface area contributed by atoms with E-state index in [9.17, 15) is 4.79 Å². The summed E-state index contributed by atoms with van der Waals surface area (Å²) in [6.07, 6.45) is 15.4. The maximum atomic E-state index is 12.1. The Balaban J connectivity index is 1.45. The maximum absolute atomic E-state index is 12.1. The molecule has 0 spiro atoms. The molecule has 2 fully saturated rings. The molecular formula is C19H30N4O. The molecule has 2 saturated carbocycles. The molecule has 1 aromatic heterocycles. The average molecular weight is 330 g/mol. The van der Waals surface area contributed by atoms with Crippen LogP contribution in [-0.4, -0.2) is 23.1 Å². The third kappa shape index (κ3) is 5.39. The minimum atomic E-state index is -0.117. The smallest absolute Gasteiger partial charge is 0.319 e. The molecule has 2 amide bonds. The van der Waals surface area contributed by atoms with E-state index in [1.165, 1.54) is 57.8 Å². The molecule has 0 radical (unpaired) electrons. The molecule has 0 bridgehead atoms. The largest absolute Gasteiger partial charge is 0.367 e. The number of rotatable bonds is 4. The topological polar surface area (TPSA) is 66.0 Å². The van der Waals surface area contributed by atoms with Crippen molar-refractivity contribution in [2.75, 3.05) is 10.6 Å². The van der Waals surface area contributed by atoms with Crippen molar-refractivity contribution in [1.82, 2.24) is 10.3 Å². The summed E-state index contributed by atoms with van der Waals surface area (Å²) >= 11 is 0. The Kier molecular flexibility index (Phi) is 6.33. The molecule has 0 aromatic carbocycles. The molecule has 5 heteroatoms. The zero-order chi connectivity index (χ0) is 16.6. The highest BCUT2D eigenvalue weighted by Gasteiger charge is 2.16. The first kappa shape index (κ1) is 17.1. The van der Waals surface area contributed by atoms with Crippen LogP contribution < -0.4 is 16.0 Å². The van der Waals surface area contributed by atoms with Gasteiger partial charge in [0.25, 0.3) is 0 Å². The van der Waals surface area contributed by atoms with Crippen molar-refractivity contribution < 1.29 is 4.79 Å². The number of aromatic nitrogens is 1. The van der Waals surface area contributed by atoms with Crippen molar-refractivity contribution in [3.8, 4) is 0 Å². The van der Waals surface area contributed by atoms with Crippen molar-refractivity contribution >= 4 is 17.5 Å². The summed E-state index contributed by atoms with van der Waals surface area (Å²) in [5.41, 5.74) is 0.745. The van der Waals surface area contributed by atoms with E-state index < -0.39 is 0 Å². The minimum Gasteiger partial charge on any atom is -0.367 e. The van der Waals surface area contributed by atoms with Gasteiger partial charge in [-0.25, -0.2) is 9.78 Å². The number of hydrogen-bond donors (Lipinski definition) is 3. The van der Waals surface area contributed by atoms with E-state index in [1.54, 1.807) is 6.20 Å². The van der Waals surface area contributed by atoms with Crippen LogP contribution in [0.25, 0.3) is 0 Å². The normalized spacial score (nSPS) is 20.2. The van der Waals surface area contributed by atoms with E-state index in [-0.39, 0.29) is 6.03 Å². The highest BCUT2D eigenvalue weighted by Crippen LogP contribution is 2.21. The average Bonchev–Trinajstić information content (AvgIpc) is 2.86. The molecule has 2 aliphatic rings. The lowest BCUT2D eigenvalue weighted by Crippen LogP contribution is -2.39. The zero-order valence-electron chi connectivity index (χ0n) is 14.5. The van der Waals surface area contributed by atoms with Gasteiger partial charge in [-0.1, -0.05) is 44.9 Å². The van der Waals surface area contributed by atoms with Crippen molar-refractivity contribution in [2.45, 2.75) is 82.7 Å². The number of amides is 2. The third-order valence-corrected chi connectivity index (χ3v) is 5.17. The fourth-order valence-electron chi connectivity index (χ4n) is 3.79. The van der Waals surface area contributed by atoms with Crippen LogP contribution in [0.2, 0.25) is 0 Å². The van der Waals surface area contributed by atoms with Gasteiger partial charge in [0, 0.05) is 12.1 Å². The van der Waals surface area contributed by atoms with Crippen LogP contribution in [0.15, 0.2) is 18.3 Å². The lowest BCUT2D eigenvalue weighted by atomic mass is 9.96. The van der Waals surface area contributed by atoms with Gasteiger partial charge in [0.2, 0.25) is 0 Å². The molecule has 3 N–H and O–H groups in total. The van der Waals surface area contributed by atoms with Gasteiger partial charge in [0.1, 0.15) is 5.82 Å². The summed E-state index contributed by atoms with van der Waals surface area (Å²) in [5.74, 6) is 0.903. The second-order valence-electron chi connectivity index (χ2n) is 7.20. The summed E-state index contributed by atoms with van der Waals surface area (Å²) in [6.45, 7) is 0. The molecular weight excluding hydrogens is 300 g/mol. The fourth-order valence-corrected chi connectivity index (χ4v) is 3.79. The molecule has 3 rings (SSSR count). The first-order valence-electron chi connectivity index (χ1n) is 9.60. The minimum absolute atomic E-state index is 0.117. The van der Waals surface area contributed by atoms with E-state index >= 15 is 0 Å². The van der Waals surface area contributed by atoms with Crippen molar-refractivity contribution in [2.24, 2.45) is 0 Å². The summed E-state index contributed by atoms with van der Waals surface area (Å²) in [4.78, 5) is 16.5. The lowest BCUT2D eigenvalue weighted by Gasteiger charge is -2.22. The number of nitrogens with one attached hydrogen (secondary N) is 3. The summed E-state index contributed by atoms with van der Waals surface area (Å²) in [5, 5.41) is 9.48. The molecule has 0 aliphatic heterocycles. The predicted molar refractivity (Wildman–Crippen MR) is 98.4 cm³/mol. The Hall–Kier alpha value is -1.78. The van der Waals surface area contributed by atoms with Crippen LogP contribution in [0.1, 0.15) is 70.6 Å². The van der Waals surface area contributed by atoms with Crippen molar-refractivity contribution in [1.29, 1.82) is 0 Å². The SMILES string of the molecule is O=C(Nc1ccc(NC2CCCCCC2)nc1)NC1CCCCC1. The number of carbonyl (C=O) groups excluding carboxylic acids is 1. The zero-order valence-corrected chi connectivity index (χ0v) is 14.5. The van der Waals surface area contributed by atoms with Crippen LogP contribution in [0, 0.1) is 0 Å². The van der Waals surface area contributed by atoms with Crippen LogP contribution in [0.4, 0.5) is 16.3 Å². The Morgan fingerprint density at radius 3 is 2.12 bits per heavy atom. The number of urea groups is 1. The van der Waals surface area contributed by atoms with Crippen molar-refractivity contribution in [3.63, 3.8) is 0 Å². The maximum Gasteiger partial charge on any atom is 0.319 e. The van der Waals surface area contributed by atoms with Crippen LogP contribution in [0.3, 0.4) is 0 Å². The Morgan fingerprint density at radius 2 is 1.50 bits per heavy atom. The van der Waals surface area contributed by atoms with Gasteiger partial charge in [-0.05, 0) is 37.8 Å². The molecule has 132 valence electrons. The fraction of sp³-hybridized carbons (Fsp3) is 0.684. The highest BCUT2D eigenvalue weighted by atomic mass is 16.2. The van der Waals surface area contributed by atoms with Gasteiger partial charge in [0.15, 0.2) is 0 Å². The van der Waals surface area contributed by atoms with Gasteiger partial charge in [-0.2, -0.15) is 0 Å². The predicted octanol–water partition coefficient (Wildman–Crippen LogP) is 4.67. The van der Waals surface area contributed by atoms with Crippen molar-refractivity contribution in [3.05, 3.63) is 18.3 Å². The molecule has 1 heterocycles. The van der Waals surface area contributed by atoms with E-state index in [0.29, 0.717) is 12.1 Å². The number of hydrogen-bond acceptors (Lipinski definition) is 3. The second kappa shape index (κ2) is 8.90. The van der Waals surface area contributed by atoms with Crippen LogP contribution >= 0.6 is 0 Å². The lowest BCUT2D eigenvalue weighted by molar-refractivity contribution is 0.244. The second-order valence-corrected chi connectivity index (χ2v) is 7.20. The quantitative estimate of drug-likeness (QED) is 0.703. The third-order valence-electron chi connectivity index (χ3n) is 5.17. The number of pyridine rings is 1. The standard InChI is InChI=1S/C19H30N4O/c24-19(22-16-10-6-3-7-11-16)23-17-12-13-18(20-14-17)21-15-8-4-1-2-5-9-15/h12-16H,1-11H2,(H,20,21)(H2,22,23,24). The highest BCUT2D eigenvalue weighted by molar-refractivity contribution is 5.89. The molecule has 5 nitrogen and oxygen atoms in total. The van der Waals surface area contributed by atoms with E-state index in [1.807, 2.05) is 12.1 Å². The number of carbonyl (C=O) groups is 1. The summed E-state index contributed by atoms with van der Waals surface area (Å²) in [7, 11) is 0. The van der Waals surface area contributed by atoms with E-state index in [2.05, 4.69) is 20.9 Å². The first-order valence-corrected chi connectivity index (χ1v) is 9.60. The molecule has 0 atom stereocenters. The van der Waals surface area contributed by atoms with Gasteiger partial charge in [0.05, 0.1) is 11.9 Å². The van der Waals surface area contributed by atoms with Crippen LogP contribution in [-0.2, 0) is 0 Å². The van der Waals surface area contributed by atoms with E-state index in [0.717, 1.165) is 24.3 Å². The Bertz CT molecular complexity index is 503. The molecule has 24 heavy (non-hydrogen) atoms. The molecule has 2 aliphatic carbocycles. The van der Waals surface area contributed by atoms with E-state index in [4.69, 9.17) is 0 Å². The summed E-state index contributed by atoms with van der Waals surface area (Å²) in [6, 6.07) is 4.62. The first-order chi connectivity index (χ1) is 11.8. The monoisotopic (exact) mass is 330 g/mol. The van der Waals surface area contributed by atoms with Gasteiger partial charge in [-0.3, -0.25) is 0 Å². The van der Waals surface area contributed by atoms with Gasteiger partial charge in [-0.15, -0.1) is 0 Å². The molecule has 0 unspecified atom stereocenters.